The second-order valence-electron chi connectivity index (χ2n) is 7.25. The van der Waals surface area contributed by atoms with Crippen molar-refractivity contribution in [2.45, 2.75) is 39.5 Å². The molecule has 1 aliphatic rings. The van der Waals surface area contributed by atoms with Crippen LogP contribution in [0.1, 0.15) is 46.8 Å². The van der Waals surface area contributed by atoms with Crippen molar-refractivity contribution in [1.82, 2.24) is 20.0 Å². The lowest BCUT2D eigenvalue weighted by Gasteiger charge is -2.20. The summed E-state index contributed by atoms with van der Waals surface area (Å²) in [5.41, 5.74) is 2.31. The number of hydrogen-bond acceptors (Lipinski definition) is 6. The van der Waals surface area contributed by atoms with Crippen molar-refractivity contribution in [3.63, 3.8) is 0 Å². The number of nitrogens with zero attached hydrogens (tertiary/aromatic N) is 5. The molecule has 26 heavy (non-hydrogen) atoms. The van der Waals surface area contributed by atoms with Crippen LogP contribution in [0.15, 0.2) is 16.9 Å². The summed E-state index contributed by atoms with van der Waals surface area (Å²) in [5.74, 6) is 2.03. The van der Waals surface area contributed by atoms with Gasteiger partial charge in [0.15, 0.2) is 0 Å². The quantitative estimate of drug-likeness (QED) is 0.837. The van der Waals surface area contributed by atoms with Gasteiger partial charge in [0, 0.05) is 27.2 Å². The van der Waals surface area contributed by atoms with Crippen molar-refractivity contribution >= 4 is 11.7 Å². The molecule has 3 rings (SSSR count). The van der Waals surface area contributed by atoms with Crippen molar-refractivity contribution in [2.24, 2.45) is 5.92 Å². The Balaban J connectivity index is 1.60. The molecule has 0 spiro atoms. The minimum atomic E-state index is 0.0389. The maximum Gasteiger partial charge on any atom is 0.259 e. The van der Waals surface area contributed by atoms with E-state index in [-0.39, 0.29) is 5.91 Å². The van der Waals surface area contributed by atoms with Gasteiger partial charge in [-0.2, -0.15) is 0 Å². The second-order valence-corrected chi connectivity index (χ2v) is 7.25. The Morgan fingerprint density at radius 2 is 2.04 bits per heavy atom. The van der Waals surface area contributed by atoms with Gasteiger partial charge in [-0.25, -0.2) is 4.98 Å². The molecule has 0 aliphatic carbocycles. The topological polar surface area (TPSA) is 75.4 Å². The molecule has 0 aromatic carbocycles. The maximum absolute atomic E-state index is 12.8. The molecular weight excluding hydrogens is 330 g/mol. The molecule has 7 nitrogen and oxygen atoms in total. The Labute approximate surface area is 154 Å². The molecule has 1 aliphatic heterocycles. The Hall–Kier alpha value is -2.44. The molecule has 140 valence electrons. The molecule has 1 fully saturated rings. The monoisotopic (exact) mass is 357 g/mol. The van der Waals surface area contributed by atoms with E-state index in [1.807, 2.05) is 43.2 Å². The fourth-order valence-electron chi connectivity index (χ4n) is 3.50. The summed E-state index contributed by atoms with van der Waals surface area (Å²) in [6, 6.07) is 0. The highest BCUT2D eigenvalue weighted by Crippen LogP contribution is 2.24. The van der Waals surface area contributed by atoms with Crippen LogP contribution in [0.4, 0.5) is 5.82 Å². The number of carbonyl (C=O) groups is 1. The first-order valence-electron chi connectivity index (χ1n) is 9.16. The molecule has 0 radical (unpaired) electrons. The molecule has 0 N–H and O–H groups in total. The number of hydrogen-bond donors (Lipinski definition) is 0. The van der Waals surface area contributed by atoms with Crippen molar-refractivity contribution in [3.05, 3.63) is 35.1 Å². The van der Waals surface area contributed by atoms with Crippen LogP contribution >= 0.6 is 0 Å². The summed E-state index contributed by atoms with van der Waals surface area (Å²) in [6.45, 7) is 5.16. The molecule has 1 unspecified atom stereocenters. The first kappa shape index (κ1) is 18.4. The van der Waals surface area contributed by atoms with Crippen LogP contribution in [0.2, 0.25) is 0 Å². The number of aryl methyl sites for hydroxylation is 2. The van der Waals surface area contributed by atoms with Crippen LogP contribution in [0.5, 0.6) is 0 Å². The van der Waals surface area contributed by atoms with Gasteiger partial charge in [-0.15, -0.1) is 0 Å². The van der Waals surface area contributed by atoms with Crippen LogP contribution in [-0.4, -0.2) is 53.1 Å². The summed E-state index contributed by atoms with van der Waals surface area (Å²) >= 11 is 0. The van der Waals surface area contributed by atoms with Gasteiger partial charge in [0.25, 0.3) is 5.91 Å². The molecular formula is C19H27N5O2. The van der Waals surface area contributed by atoms with E-state index in [2.05, 4.69) is 15.1 Å². The highest BCUT2D eigenvalue weighted by atomic mass is 16.5. The van der Waals surface area contributed by atoms with Gasteiger partial charge >= 0.3 is 0 Å². The summed E-state index contributed by atoms with van der Waals surface area (Å²) in [5, 5.41) is 3.90. The molecule has 1 saturated heterocycles. The van der Waals surface area contributed by atoms with Gasteiger partial charge in [0.2, 0.25) is 0 Å². The SMILES string of the molecule is Cc1noc(C)c1C(=O)N1CCCC(Cc2cnc(N(C)C)cn2)CC1. The Bertz CT molecular complexity index is 734. The third-order valence-electron chi connectivity index (χ3n) is 5.03. The van der Waals surface area contributed by atoms with Gasteiger partial charge in [0.1, 0.15) is 17.1 Å². The summed E-state index contributed by atoms with van der Waals surface area (Å²) in [4.78, 5) is 25.7. The molecule has 3 heterocycles. The Kier molecular flexibility index (Phi) is 5.54. The van der Waals surface area contributed by atoms with E-state index in [1.165, 1.54) is 0 Å². The van der Waals surface area contributed by atoms with Gasteiger partial charge < -0.3 is 14.3 Å². The molecule has 1 atom stereocenters. The average molecular weight is 357 g/mol. The Morgan fingerprint density at radius 3 is 2.65 bits per heavy atom. The number of aromatic nitrogens is 3. The predicted molar refractivity (Wildman–Crippen MR) is 99.3 cm³/mol. The molecule has 2 aromatic heterocycles. The number of carbonyl (C=O) groups excluding carboxylic acids is 1. The standard InChI is InChI=1S/C19H27N5O2/c1-13-18(14(2)26-22-13)19(25)24-8-5-6-15(7-9-24)10-16-11-21-17(12-20-16)23(3)4/h11-12,15H,5-10H2,1-4H3. The number of likely N-dealkylation sites (tertiary alicyclic amines) is 1. The van der Waals surface area contributed by atoms with E-state index in [1.54, 1.807) is 6.92 Å². The largest absolute Gasteiger partial charge is 0.361 e. The van der Waals surface area contributed by atoms with Crippen LogP contribution in [0.3, 0.4) is 0 Å². The van der Waals surface area contributed by atoms with Gasteiger partial charge in [-0.1, -0.05) is 5.16 Å². The molecule has 7 heteroatoms. The van der Waals surface area contributed by atoms with E-state index < -0.39 is 0 Å². The van der Waals surface area contributed by atoms with E-state index in [4.69, 9.17) is 4.52 Å². The number of rotatable bonds is 4. The van der Waals surface area contributed by atoms with Gasteiger partial charge in [-0.05, 0) is 45.4 Å². The average Bonchev–Trinajstić information content (AvgIpc) is 2.82. The van der Waals surface area contributed by atoms with Crippen molar-refractivity contribution in [2.75, 3.05) is 32.1 Å². The van der Waals surface area contributed by atoms with Gasteiger partial charge in [-0.3, -0.25) is 9.78 Å². The maximum atomic E-state index is 12.8. The second kappa shape index (κ2) is 7.85. The van der Waals surface area contributed by atoms with E-state index in [0.29, 0.717) is 22.9 Å². The zero-order chi connectivity index (χ0) is 18.7. The van der Waals surface area contributed by atoms with Crippen LogP contribution < -0.4 is 4.90 Å². The van der Waals surface area contributed by atoms with E-state index in [9.17, 15) is 4.79 Å². The van der Waals surface area contributed by atoms with Crippen LogP contribution in [-0.2, 0) is 6.42 Å². The molecule has 0 bridgehead atoms. The van der Waals surface area contributed by atoms with Gasteiger partial charge in [0.05, 0.1) is 23.8 Å². The zero-order valence-electron chi connectivity index (χ0n) is 16.0. The summed E-state index contributed by atoms with van der Waals surface area (Å²) < 4.78 is 5.15. The highest BCUT2D eigenvalue weighted by Gasteiger charge is 2.26. The predicted octanol–water partition coefficient (Wildman–Crippen LogP) is 2.63. The Morgan fingerprint density at radius 1 is 1.23 bits per heavy atom. The highest BCUT2D eigenvalue weighted by molar-refractivity contribution is 5.96. The molecule has 2 aromatic rings. The fourth-order valence-corrected chi connectivity index (χ4v) is 3.50. The molecule has 0 saturated carbocycles. The van der Waals surface area contributed by atoms with Crippen molar-refractivity contribution in [3.8, 4) is 0 Å². The van der Waals surface area contributed by atoms with Crippen LogP contribution in [0, 0.1) is 19.8 Å². The summed E-state index contributed by atoms with van der Waals surface area (Å²) in [7, 11) is 3.92. The van der Waals surface area contributed by atoms with Crippen molar-refractivity contribution < 1.29 is 9.32 Å². The molecule has 1 amide bonds. The lowest BCUT2D eigenvalue weighted by Crippen LogP contribution is -2.32. The smallest absolute Gasteiger partial charge is 0.259 e. The minimum absolute atomic E-state index is 0.0389. The third kappa shape index (κ3) is 4.03. The van der Waals surface area contributed by atoms with Crippen LogP contribution in [0.25, 0.3) is 0 Å². The zero-order valence-corrected chi connectivity index (χ0v) is 16.0. The van der Waals surface area contributed by atoms with E-state index in [0.717, 1.165) is 50.3 Å². The number of anilines is 1. The normalized spacial score (nSPS) is 17.8. The lowest BCUT2D eigenvalue weighted by molar-refractivity contribution is 0.0757. The lowest BCUT2D eigenvalue weighted by atomic mass is 9.95. The van der Waals surface area contributed by atoms with E-state index >= 15 is 0 Å². The van der Waals surface area contributed by atoms with Crippen molar-refractivity contribution in [1.29, 1.82) is 0 Å². The third-order valence-corrected chi connectivity index (χ3v) is 5.03. The fraction of sp³-hybridized carbons (Fsp3) is 0.579. The first-order valence-corrected chi connectivity index (χ1v) is 9.16. The first-order chi connectivity index (χ1) is 12.5. The minimum Gasteiger partial charge on any atom is -0.361 e. The number of amides is 1. The summed E-state index contributed by atoms with van der Waals surface area (Å²) in [6.07, 6.45) is 7.68.